The van der Waals surface area contributed by atoms with Crippen LogP contribution in [0.15, 0.2) is 25.9 Å². The first-order valence-electron chi connectivity index (χ1n) is 9.47. The quantitative estimate of drug-likeness (QED) is 0.234. The summed E-state index contributed by atoms with van der Waals surface area (Å²) < 4.78 is 2.76. The summed E-state index contributed by atoms with van der Waals surface area (Å²) in [5.41, 5.74) is 1.28. The van der Waals surface area contributed by atoms with Gasteiger partial charge in [0.1, 0.15) is 4.83 Å². The molecule has 0 aromatic carbocycles. The number of ketones is 1. The molecule has 0 radical (unpaired) electrons. The van der Waals surface area contributed by atoms with Gasteiger partial charge in [0.05, 0.1) is 19.8 Å². The van der Waals surface area contributed by atoms with Crippen LogP contribution in [-0.4, -0.2) is 21.1 Å². The third-order valence-corrected chi connectivity index (χ3v) is 9.00. The number of carbonyl (C=O) groups is 1. The van der Waals surface area contributed by atoms with Gasteiger partial charge in [0.2, 0.25) is 0 Å². The SMILES string of the molecule is CC[C@H](C)n1c(SCC(=O)c2ccc(Br)s2)nc2sc3c(c2c1=O)CCCC3. The number of fused-ring (bicyclic) bond motifs is 3. The Morgan fingerprint density at radius 2 is 2.11 bits per heavy atom. The van der Waals surface area contributed by atoms with Gasteiger partial charge in [0.25, 0.3) is 5.56 Å². The molecule has 1 aliphatic carbocycles. The summed E-state index contributed by atoms with van der Waals surface area (Å²) in [6.07, 6.45) is 5.20. The van der Waals surface area contributed by atoms with Crippen molar-refractivity contribution in [1.29, 1.82) is 0 Å². The monoisotopic (exact) mass is 496 g/mol. The molecule has 0 N–H and O–H groups in total. The van der Waals surface area contributed by atoms with E-state index in [-0.39, 0.29) is 23.1 Å². The lowest BCUT2D eigenvalue weighted by Gasteiger charge is -2.18. The lowest BCUT2D eigenvalue weighted by atomic mass is 9.97. The van der Waals surface area contributed by atoms with Crippen molar-refractivity contribution in [2.75, 3.05) is 5.75 Å². The van der Waals surface area contributed by atoms with Crippen LogP contribution in [0, 0.1) is 0 Å². The molecule has 0 spiro atoms. The molecule has 3 aromatic heterocycles. The number of Topliss-reactive ketones (excluding diaryl/α,β-unsaturated/α-hetero) is 1. The molecule has 0 aliphatic heterocycles. The molecule has 0 amide bonds. The van der Waals surface area contributed by atoms with Gasteiger partial charge in [-0.15, -0.1) is 22.7 Å². The third kappa shape index (κ3) is 3.76. The molecule has 0 fully saturated rings. The van der Waals surface area contributed by atoms with Gasteiger partial charge in [-0.2, -0.15) is 0 Å². The summed E-state index contributed by atoms with van der Waals surface area (Å²) >= 11 is 7.88. The maximum Gasteiger partial charge on any atom is 0.263 e. The molecule has 8 heteroatoms. The van der Waals surface area contributed by atoms with Gasteiger partial charge in [0.15, 0.2) is 10.9 Å². The Hall–Kier alpha value is -0.960. The van der Waals surface area contributed by atoms with Crippen molar-refractivity contribution in [3.63, 3.8) is 0 Å². The van der Waals surface area contributed by atoms with Crippen LogP contribution in [0.2, 0.25) is 0 Å². The highest BCUT2D eigenvalue weighted by atomic mass is 79.9. The Morgan fingerprint density at radius 3 is 2.82 bits per heavy atom. The second kappa shape index (κ2) is 8.42. The van der Waals surface area contributed by atoms with Crippen molar-refractivity contribution < 1.29 is 4.79 Å². The number of hydrogen-bond donors (Lipinski definition) is 0. The first kappa shape index (κ1) is 20.3. The lowest BCUT2D eigenvalue weighted by molar-refractivity contribution is 0.102. The van der Waals surface area contributed by atoms with Crippen LogP contribution in [0.5, 0.6) is 0 Å². The number of rotatable bonds is 6. The molecular weight excluding hydrogens is 476 g/mol. The van der Waals surface area contributed by atoms with E-state index in [0.29, 0.717) is 5.16 Å². The molecule has 3 aromatic rings. The molecule has 4 rings (SSSR count). The second-order valence-electron chi connectivity index (χ2n) is 7.03. The van der Waals surface area contributed by atoms with E-state index in [9.17, 15) is 9.59 Å². The minimum absolute atomic E-state index is 0.0528. The number of aryl methyl sites for hydroxylation is 2. The molecule has 3 heterocycles. The lowest BCUT2D eigenvalue weighted by Crippen LogP contribution is -2.26. The second-order valence-corrected chi connectivity index (χ2v) is 11.5. The smallest absolute Gasteiger partial charge is 0.263 e. The summed E-state index contributed by atoms with van der Waals surface area (Å²) in [4.78, 5) is 33.7. The van der Waals surface area contributed by atoms with Gasteiger partial charge >= 0.3 is 0 Å². The van der Waals surface area contributed by atoms with Gasteiger partial charge in [-0.1, -0.05) is 18.7 Å². The molecule has 28 heavy (non-hydrogen) atoms. The number of aromatic nitrogens is 2. The predicted octanol–water partition coefficient (Wildman–Crippen LogP) is 6.11. The van der Waals surface area contributed by atoms with E-state index >= 15 is 0 Å². The van der Waals surface area contributed by atoms with E-state index in [4.69, 9.17) is 4.98 Å². The number of thiophene rings is 2. The number of halogens is 1. The van der Waals surface area contributed by atoms with Crippen LogP contribution < -0.4 is 5.56 Å². The standard InChI is InChI=1S/C20H21BrN2O2S3/c1-3-11(2)23-19(25)17-12-6-4-5-7-14(12)28-18(17)22-20(23)26-10-13(24)15-8-9-16(21)27-15/h8-9,11H,3-7,10H2,1-2H3/t11-/m0/s1. The van der Waals surface area contributed by atoms with Crippen molar-refractivity contribution in [2.24, 2.45) is 0 Å². The van der Waals surface area contributed by atoms with E-state index in [2.05, 4.69) is 29.8 Å². The van der Waals surface area contributed by atoms with Crippen LogP contribution in [0.4, 0.5) is 0 Å². The third-order valence-electron chi connectivity index (χ3n) is 5.20. The van der Waals surface area contributed by atoms with E-state index in [0.717, 1.165) is 44.6 Å². The molecular formula is C20H21BrN2O2S3. The van der Waals surface area contributed by atoms with Crippen LogP contribution in [-0.2, 0) is 12.8 Å². The Balaban J connectivity index is 1.74. The summed E-state index contributed by atoms with van der Waals surface area (Å²) in [6, 6.07) is 3.78. The highest BCUT2D eigenvalue weighted by Gasteiger charge is 2.24. The fourth-order valence-electron chi connectivity index (χ4n) is 3.54. The molecule has 1 aliphatic rings. The van der Waals surface area contributed by atoms with Crippen LogP contribution >= 0.6 is 50.4 Å². The van der Waals surface area contributed by atoms with Crippen LogP contribution in [0.1, 0.15) is 59.3 Å². The Morgan fingerprint density at radius 1 is 1.32 bits per heavy atom. The van der Waals surface area contributed by atoms with Crippen molar-refractivity contribution in [3.05, 3.63) is 41.6 Å². The minimum atomic E-state index is 0.0528. The van der Waals surface area contributed by atoms with Crippen molar-refractivity contribution in [3.8, 4) is 0 Å². The van der Waals surface area contributed by atoms with Crippen LogP contribution in [0.3, 0.4) is 0 Å². The maximum atomic E-state index is 13.4. The van der Waals surface area contributed by atoms with Gasteiger partial charge in [0, 0.05) is 10.9 Å². The van der Waals surface area contributed by atoms with E-state index in [1.807, 2.05) is 16.7 Å². The summed E-state index contributed by atoms with van der Waals surface area (Å²) in [6.45, 7) is 4.13. The van der Waals surface area contributed by atoms with E-state index in [1.165, 1.54) is 40.0 Å². The van der Waals surface area contributed by atoms with Gasteiger partial charge in [-0.05, 0) is 72.7 Å². The average molecular weight is 498 g/mol. The van der Waals surface area contributed by atoms with Gasteiger partial charge in [-0.3, -0.25) is 14.2 Å². The minimum Gasteiger partial charge on any atom is -0.292 e. The van der Waals surface area contributed by atoms with E-state index < -0.39 is 0 Å². The number of nitrogens with zero attached hydrogens (tertiary/aromatic N) is 2. The highest BCUT2D eigenvalue weighted by molar-refractivity contribution is 9.11. The summed E-state index contributed by atoms with van der Waals surface area (Å²) in [5.74, 6) is 0.350. The maximum absolute atomic E-state index is 13.4. The predicted molar refractivity (Wildman–Crippen MR) is 123 cm³/mol. The topological polar surface area (TPSA) is 52.0 Å². The fraction of sp³-hybridized carbons (Fsp3) is 0.450. The fourth-order valence-corrected chi connectivity index (χ4v) is 7.24. The Bertz CT molecular complexity index is 1100. The van der Waals surface area contributed by atoms with Crippen molar-refractivity contribution >= 4 is 66.4 Å². The Labute approximate surface area is 184 Å². The number of carbonyl (C=O) groups excluding carboxylic acids is 1. The van der Waals surface area contributed by atoms with Gasteiger partial charge < -0.3 is 0 Å². The molecule has 1 atom stereocenters. The zero-order valence-corrected chi connectivity index (χ0v) is 19.8. The highest BCUT2D eigenvalue weighted by Crippen LogP contribution is 2.35. The number of thioether (sulfide) groups is 1. The largest absolute Gasteiger partial charge is 0.292 e. The molecule has 0 bridgehead atoms. The normalized spacial score (nSPS) is 15.0. The first-order valence-corrected chi connectivity index (χ1v) is 12.9. The number of hydrogen-bond acceptors (Lipinski definition) is 6. The van der Waals surface area contributed by atoms with E-state index in [1.54, 1.807) is 11.3 Å². The molecule has 4 nitrogen and oxygen atoms in total. The zero-order valence-electron chi connectivity index (χ0n) is 15.8. The first-order chi connectivity index (χ1) is 13.5. The van der Waals surface area contributed by atoms with Crippen molar-refractivity contribution in [1.82, 2.24) is 9.55 Å². The van der Waals surface area contributed by atoms with Gasteiger partial charge in [-0.25, -0.2) is 4.98 Å². The average Bonchev–Trinajstić information content (AvgIpc) is 3.29. The summed E-state index contributed by atoms with van der Waals surface area (Å²) in [7, 11) is 0. The van der Waals surface area contributed by atoms with Crippen LogP contribution in [0.25, 0.3) is 10.2 Å². The summed E-state index contributed by atoms with van der Waals surface area (Å²) in [5, 5.41) is 1.48. The molecule has 0 unspecified atom stereocenters. The molecule has 148 valence electrons. The van der Waals surface area contributed by atoms with Crippen molar-refractivity contribution in [2.45, 2.75) is 57.1 Å². The molecule has 0 saturated heterocycles. The molecule has 0 saturated carbocycles. The zero-order chi connectivity index (χ0) is 19.8. The Kier molecular flexibility index (Phi) is 6.11.